The first-order chi connectivity index (χ1) is 15.6. The van der Waals surface area contributed by atoms with E-state index < -0.39 is 28.9 Å². The Balaban J connectivity index is 3.06. The minimum atomic E-state index is -0.995. The van der Waals surface area contributed by atoms with Crippen molar-refractivity contribution in [3.05, 3.63) is 47.5 Å². The molecule has 0 aliphatic carbocycles. The van der Waals surface area contributed by atoms with Crippen molar-refractivity contribution < 1.29 is 24.2 Å². The van der Waals surface area contributed by atoms with Crippen LogP contribution in [0.1, 0.15) is 61.0 Å². The number of nitrogens with one attached hydrogen (secondary N) is 2. The van der Waals surface area contributed by atoms with Crippen molar-refractivity contribution in [1.29, 1.82) is 0 Å². The lowest BCUT2D eigenvalue weighted by Crippen LogP contribution is -2.57. The van der Waals surface area contributed by atoms with Crippen LogP contribution in [0.15, 0.2) is 42.0 Å². The number of Topliss-reactive ketones (excluding diaryl/α,β-unsaturated/α-hetero) is 1. The van der Waals surface area contributed by atoms with E-state index in [9.17, 15) is 19.5 Å². The summed E-state index contributed by atoms with van der Waals surface area (Å²) in [5.41, 5.74) is 0.0122. The molecule has 1 amide bonds. The number of aliphatic carboxylic acids is 1. The Morgan fingerprint density at radius 3 is 2.06 bits per heavy atom. The Morgan fingerprint density at radius 2 is 1.62 bits per heavy atom. The van der Waals surface area contributed by atoms with Crippen LogP contribution in [-0.2, 0) is 24.5 Å². The van der Waals surface area contributed by atoms with Gasteiger partial charge in [-0.1, -0.05) is 84.9 Å². The van der Waals surface area contributed by atoms with Gasteiger partial charge in [-0.15, -0.1) is 0 Å². The van der Waals surface area contributed by atoms with Gasteiger partial charge < -0.3 is 20.5 Å². The van der Waals surface area contributed by atoms with Crippen molar-refractivity contribution in [2.45, 2.75) is 79.0 Å². The van der Waals surface area contributed by atoms with E-state index in [4.69, 9.17) is 4.74 Å². The van der Waals surface area contributed by atoms with Crippen LogP contribution in [0, 0.1) is 11.3 Å². The van der Waals surface area contributed by atoms with Gasteiger partial charge >= 0.3 is 5.97 Å². The maximum atomic E-state index is 13.3. The maximum Gasteiger partial charge on any atom is 0.331 e. The molecular formula is C27H42N2O5. The van der Waals surface area contributed by atoms with E-state index in [1.807, 2.05) is 78.8 Å². The van der Waals surface area contributed by atoms with E-state index in [1.54, 1.807) is 6.08 Å². The molecule has 34 heavy (non-hydrogen) atoms. The molecular weight excluding hydrogens is 432 g/mol. The van der Waals surface area contributed by atoms with E-state index in [2.05, 4.69) is 10.6 Å². The predicted molar refractivity (Wildman–Crippen MR) is 135 cm³/mol. The summed E-state index contributed by atoms with van der Waals surface area (Å²) in [5.74, 6) is -1.45. The number of hydrogen-bond donors (Lipinski definition) is 3. The molecule has 7 heteroatoms. The van der Waals surface area contributed by atoms with Crippen LogP contribution in [0.3, 0.4) is 0 Å². The van der Waals surface area contributed by atoms with Gasteiger partial charge in [0.1, 0.15) is 6.10 Å². The molecule has 1 aromatic rings. The van der Waals surface area contributed by atoms with Crippen molar-refractivity contribution in [3.63, 3.8) is 0 Å². The predicted octanol–water partition coefficient (Wildman–Crippen LogP) is 3.72. The van der Waals surface area contributed by atoms with Crippen molar-refractivity contribution in [1.82, 2.24) is 10.6 Å². The number of rotatable bonds is 12. The molecule has 0 saturated carbocycles. The molecule has 3 N–H and O–H groups in total. The second-order valence-electron chi connectivity index (χ2n) is 10.8. The highest BCUT2D eigenvalue weighted by atomic mass is 16.5. The lowest BCUT2D eigenvalue weighted by molar-refractivity contribution is -0.139. The summed E-state index contributed by atoms with van der Waals surface area (Å²) in [6, 6.07) is 8.61. The maximum absolute atomic E-state index is 13.3. The van der Waals surface area contributed by atoms with Gasteiger partial charge in [0.15, 0.2) is 5.78 Å². The van der Waals surface area contributed by atoms with Gasteiger partial charge in [0.05, 0.1) is 12.6 Å². The van der Waals surface area contributed by atoms with Crippen molar-refractivity contribution in [2.75, 3.05) is 13.7 Å². The third-order valence-corrected chi connectivity index (χ3v) is 6.12. The highest BCUT2D eigenvalue weighted by Crippen LogP contribution is 2.30. The van der Waals surface area contributed by atoms with Gasteiger partial charge in [0.2, 0.25) is 0 Å². The smallest absolute Gasteiger partial charge is 0.331 e. The zero-order chi connectivity index (χ0) is 26.3. The molecule has 1 rings (SSSR count). The van der Waals surface area contributed by atoms with Crippen molar-refractivity contribution in [2.24, 2.45) is 11.3 Å². The van der Waals surface area contributed by atoms with Crippen LogP contribution < -0.4 is 10.6 Å². The van der Waals surface area contributed by atoms with E-state index in [0.717, 1.165) is 5.56 Å². The minimum absolute atomic E-state index is 0.00576. The molecule has 0 spiro atoms. The third-order valence-electron chi connectivity index (χ3n) is 6.12. The lowest BCUT2D eigenvalue weighted by atomic mass is 9.78. The second kappa shape index (κ2) is 12.3. The first-order valence-electron chi connectivity index (χ1n) is 11.7. The Bertz CT molecular complexity index is 869. The molecule has 0 fully saturated rings. The molecule has 7 nitrogen and oxygen atoms in total. The Morgan fingerprint density at radius 1 is 1.06 bits per heavy atom. The van der Waals surface area contributed by atoms with Gasteiger partial charge in [-0.3, -0.25) is 9.59 Å². The van der Waals surface area contributed by atoms with Gasteiger partial charge in [0, 0.05) is 24.1 Å². The number of carbonyl (C=O) groups excluding carboxylic acids is 2. The molecule has 0 saturated heterocycles. The number of carbonyl (C=O) groups is 3. The zero-order valence-electron chi connectivity index (χ0n) is 22.1. The topological polar surface area (TPSA) is 105 Å². The molecule has 0 aliphatic heterocycles. The first kappa shape index (κ1) is 29.5. The summed E-state index contributed by atoms with van der Waals surface area (Å²) in [4.78, 5) is 37.8. The summed E-state index contributed by atoms with van der Waals surface area (Å²) in [6.45, 7) is 15.0. The first-order valence-corrected chi connectivity index (χ1v) is 11.7. The number of carboxylic acid groups (broad SMARTS) is 1. The molecule has 0 aliphatic rings. The number of amides is 1. The number of benzene rings is 1. The fraction of sp³-hybridized carbons (Fsp3) is 0.593. The number of methoxy groups -OCH3 is 1. The van der Waals surface area contributed by atoms with Crippen LogP contribution in [0.2, 0.25) is 0 Å². The van der Waals surface area contributed by atoms with Crippen LogP contribution >= 0.6 is 0 Å². The minimum Gasteiger partial charge on any atom is -0.478 e. The molecule has 3 atom stereocenters. The average Bonchev–Trinajstić information content (AvgIpc) is 2.74. The van der Waals surface area contributed by atoms with E-state index >= 15 is 0 Å². The number of ether oxygens (including phenoxy) is 1. The summed E-state index contributed by atoms with van der Waals surface area (Å²) >= 11 is 0. The Kier molecular flexibility index (Phi) is 10.7. The van der Waals surface area contributed by atoms with Gasteiger partial charge in [0.25, 0.3) is 5.91 Å². The van der Waals surface area contributed by atoms with Crippen LogP contribution in [-0.4, -0.2) is 54.6 Å². The Labute approximate surface area is 204 Å². The lowest BCUT2D eigenvalue weighted by Gasteiger charge is -2.36. The molecule has 0 unspecified atom stereocenters. The largest absolute Gasteiger partial charge is 0.478 e. The fourth-order valence-corrected chi connectivity index (χ4v) is 3.89. The normalized spacial score (nSPS) is 15.5. The van der Waals surface area contributed by atoms with Crippen LogP contribution in [0.4, 0.5) is 0 Å². The fourth-order valence-electron chi connectivity index (χ4n) is 3.89. The SMILES string of the molecule is CO[C@@H](C(=O)N[C@H](C(=O)CN[C@H](C=C(C)C(=O)O)C(C)C)C(C)(C)C)C(C)(C)c1ccccc1. The highest BCUT2D eigenvalue weighted by Gasteiger charge is 2.40. The quantitative estimate of drug-likeness (QED) is 0.399. The number of ketones is 1. The molecule has 0 aromatic heterocycles. The molecule has 0 radical (unpaired) electrons. The summed E-state index contributed by atoms with van der Waals surface area (Å²) < 4.78 is 5.62. The molecule has 1 aromatic carbocycles. The van der Waals surface area contributed by atoms with Gasteiger partial charge in [-0.05, 0) is 23.8 Å². The monoisotopic (exact) mass is 474 g/mol. The second-order valence-corrected chi connectivity index (χ2v) is 10.8. The van der Waals surface area contributed by atoms with E-state index in [-0.39, 0.29) is 35.8 Å². The van der Waals surface area contributed by atoms with Crippen LogP contribution in [0.5, 0.6) is 0 Å². The summed E-state index contributed by atoms with van der Waals surface area (Å²) in [7, 11) is 1.49. The number of hydrogen-bond acceptors (Lipinski definition) is 5. The van der Waals surface area contributed by atoms with Crippen molar-refractivity contribution in [3.8, 4) is 0 Å². The van der Waals surface area contributed by atoms with Crippen LogP contribution in [0.25, 0.3) is 0 Å². The standard InChI is InChI=1S/C27H42N2O5/c1-17(2)20(15-18(3)25(32)33)28-16-21(30)22(26(4,5)6)29-24(31)23(34-9)27(7,8)19-13-11-10-12-14-19/h10-15,17,20,22-23,28H,16H2,1-9H3,(H,29,31)(H,32,33)/t20-,22-,23+/m1/s1. The molecule has 0 heterocycles. The zero-order valence-corrected chi connectivity index (χ0v) is 22.1. The third kappa shape index (κ3) is 8.06. The number of carboxylic acids is 1. The highest BCUT2D eigenvalue weighted by molar-refractivity contribution is 5.93. The van der Waals surface area contributed by atoms with E-state index in [0.29, 0.717) is 0 Å². The molecule has 0 bridgehead atoms. The average molecular weight is 475 g/mol. The Hall–Kier alpha value is -2.51. The molecule has 190 valence electrons. The summed E-state index contributed by atoms with van der Waals surface area (Å²) in [6.07, 6.45) is 0.818. The van der Waals surface area contributed by atoms with Gasteiger partial charge in [-0.2, -0.15) is 0 Å². The summed E-state index contributed by atoms with van der Waals surface area (Å²) in [5, 5.41) is 15.3. The van der Waals surface area contributed by atoms with Crippen molar-refractivity contribution >= 4 is 17.7 Å². The van der Waals surface area contributed by atoms with E-state index in [1.165, 1.54) is 14.0 Å². The van der Waals surface area contributed by atoms with Gasteiger partial charge in [-0.25, -0.2) is 4.79 Å².